The summed E-state index contributed by atoms with van der Waals surface area (Å²) in [5.74, 6) is -1.25. The number of rotatable bonds is 2. The van der Waals surface area contributed by atoms with E-state index >= 15 is 0 Å². The van der Waals surface area contributed by atoms with Crippen molar-refractivity contribution >= 4 is 11.9 Å². The average Bonchev–Trinajstić information content (AvgIpc) is 2.32. The quantitative estimate of drug-likeness (QED) is 0.560. The van der Waals surface area contributed by atoms with Crippen molar-refractivity contribution in [2.45, 2.75) is 25.4 Å². The molecule has 1 saturated heterocycles. The third-order valence-electron chi connectivity index (χ3n) is 2.11. The van der Waals surface area contributed by atoms with Gasteiger partial charge < -0.3 is 15.7 Å². The van der Waals surface area contributed by atoms with E-state index in [1.54, 1.807) is 0 Å². The number of likely N-dealkylation sites (tertiary alicyclic amines) is 1. The molecule has 0 saturated carbocycles. The van der Waals surface area contributed by atoms with Gasteiger partial charge in [0.2, 0.25) is 5.91 Å². The Labute approximate surface area is 70.1 Å². The summed E-state index contributed by atoms with van der Waals surface area (Å²) in [4.78, 5) is 23.0. The third kappa shape index (κ3) is 1.40. The Morgan fingerprint density at radius 1 is 1.83 bits per heavy atom. The number of carboxylic acids is 1. The van der Waals surface area contributed by atoms with E-state index in [2.05, 4.69) is 0 Å². The van der Waals surface area contributed by atoms with Crippen LogP contribution in [-0.4, -0.2) is 40.5 Å². The summed E-state index contributed by atoms with van der Waals surface area (Å²) in [6.07, 6.45) is 0.552. The second-order valence-electron chi connectivity index (χ2n) is 2.94. The molecule has 0 spiro atoms. The lowest BCUT2D eigenvalue weighted by atomic mass is 10.3. The van der Waals surface area contributed by atoms with Gasteiger partial charge in [0.15, 0.2) is 0 Å². The number of carboxylic acid groups (broad SMARTS) is 1. The van der Waals surface area contributed by atoms with Crippen molar-refractivity contribution in [1.82, 2.24) is 4.90 Å². The summed E-state index contributed by atoms with van der Waals surface area (Å²) in [6.45, 7) is 1.94. The highest BCUT2D eigenvalue weighted by Crippen LogP contribution is 2.12. The molecule has 1 heterocycles. The Balaban J connectivity index is 2.65. The molecule has 5 nitrogen and oxygen atoms in total. The minimum atomic E-state index is -0.988. The van der Waals surface area contributed by atoms with Crippen molar-refractivity contribution in [3.05, 3.63) is 0 Å². The summed E-state index contributed by atoms with van der Waals surface area (Å²) in [5, 5.41) is 8.61. The van der Waals surface area contributed by atoms with Crippen LogP contribution in [0.15, 0.2) is 0 Å². The number of hydrogen-bond donors (Lipinski definition) is 2. The molecule has 0 radical (unpaired) electrons. The smallest absolute Gasteiger partial charge is 0.326 e. The Bertz CT molecular complexity index is 217. The van der Waals surface area contributed by atoms with Crippen molar-refractivity contribution in [2.24, 2.45) is 5.73 Å². The number of carbonyl (C=O) groups excluding carboxylic acids is 1. The van der Waals surface area contributed by atoms with E-state index in [1.165, 1.54) is 11.8 Å². The van der Waals surface area contributed by atoms with Gasteiger partial charge in [0.1, 0.15) is 6.04 Å². The maximum absolute atomic E-state index is 11.2. The van der Waals surface area contributed by atoms with Gasteiger partial charge in [0.25, 0.3) is 0 Å². The highest BCUT2D eigenvalue weighted by Gasteiger charge is 2.34. The Hall–Kier alpha value is -1.10. The van der Waals surface area contributed by atoms with E-state index < -0.39 is 18.1 Å². The summed E-state index contributed by atoms with van der Waals surface area (Å²) < 4.78 is 0. The van der Waals surface area contributed by atoms with Gasteiger partial charge in [-0.1, -0.05) is 0 Å². The Kier molecular flexibility index (Phi) is 2.32. The second kappa shape index (κ2) is 3.10. The molecule has 0 aromatic carbocycles. The van der Waals surface area contributed by atoms with Crippen molar-refractivity contribution in [3.63, 3.8) is 0 Å². The van der Waals surface area contributed by atoms with Crippen LogP contribution in [0, 0.1) is 0 Å². The number of nitrogens with zero attached hydrogens (tertiary/aromatic N) is 1. The maximum Gasteiger partial charge on any atom is 0.326 e. The molecule has 1 aliphatic rings. The molecule has 1 aliphatic heterocycles. The highest BCUT2D eigenvalue weighted by atomic mass is 16.4. The molecule has 1 rings (SSSR count). The first-order valence-electron chi connectivity index (χ1n) is 3.83. The minimum absolute atomic E-state index is 0.259. The predicted octanol–water partition coefficient (Wildman–Crippen LogP) is -0.981. The topological polar surface area (TPSA) is 83.6 Å². The minimum Gasteiger partial charge on any atom is -0.480 e. The first-order chi connectivity index (χ1) is 5.54. The van der Waals surface area contributed by atoms with Crippen molar-refractivity contribution in [1.29, 1.82) is 0 Å². The SMILES string of the molecule is CC(C(=O)O)N1CC[C@@H](N)C1=O. The first-order valence-corrected chi connectivity index (χ1v) is 3.83. The maximum atomic E-state index is 11.2. The zero-order valence-electron chi connectivity index (χ0n) is 6.86. The van der Waals surface area contributed by atoms with Gasteiger partial charge in [-0.2, -0.15) is 0 Å². The first kappa shape index (κ1) is 8.99. The van der Waals surface area contributed by atoms with E-state index in [9.17, 15) is 9.59 Å². The molecule has 1 fully saturated rings. The molecular weight excluding hydrogens is 160 g/mol. The molecule has 1 unspecified atom stereocenters. The van der Waals surface area contributed by atoms with Crippen molar-refractivity contribution < 1.29 is 14.7 Å². The lowest BCUT2D eigenvalue weighted by Gasteiger charge is -2.20. The van der Waals surface area contributed by atoms with Crippen LogP contribution in [0.3, 0.4) is 0 Å². The largest absolute Gasteiger partial charge is 0.480 e. The average molecular weight is 172 g/mol. The fourth-order valence-electron chi connectivity index (χ4n) is 1.24. The van der Waals surface area contributed by atoms with E-state index in [0.29, 0.717) is 13.0 Å². The van der Waals surface area contributed by atoms with Gasteiger partial charge in [-0.15, -0.1) is 0 Å². The fourth-order valence-corrected chi connectivity index (χ4v) is 1.24. The summed E-state index contributed by atoms with van der Waals surface area (Å²) in [7, 11) is 0. The number of amides is 1. The molecule has 5 heteroatoms. The van der Waals surface area contributed by atoms with Gasteiger partial charge in [0, 0.05) is 6.54 Å². The van der Waals surface area contributed by atoms with Crippen LogP contribution in [0.5, 0.6) is 0 Å². The number of carbonyl (C=O) groups is 2. The monoisotopic (exact) mass is 172 g/mol. The molecule has 12 heavy (non-hydrogen) atoms. The van der Waals surface area contributed by atoms with Crippen LogP contribution in [0.25, 0.3) is 0 Å². The summed E-state index contributed by atoms with van der Waals surface area (Å²) in [5.41, 5.74) is 5.42. The third-order valence-corrected chi connectivity index (χ3v) is 2.11. The number of aliphatic carboxylic acids is 1. The standard InChI is InChI=1S/C7H12N2O3/c1-4(7(11)12)9-3-2-5(8)6(9)10/h4-5H,2-3,8H2,1H3,(H,11,12)/t4?,5-/m1/s1. The summed E-state index contributed by atoms with van der Waals surface area (Å²) >= 11 is 0. The van der Waals surface area contributed by atoms with E-state index in [0.717, 1.165) is 0 Å². The van der Waals surface area contributed by atoms with Gasteiger partial charge in [-0.3, -0.25) is 4.79 Å². The normalized spacial score (nSPS) is 26.0. The molecule has 0 bridgehead atoms. The second-order valence-corrected chi connectivity index (χ2v) is 2.94. The molecule has 3 N–H and O–H groups in total. The Morgan fingerprint density at radius 3 is 2.75 bits per heavy atom. The molecular formula is C7H12N2O3. The van der Waals surface area contributed by atoms with Gasteiger partial charge >= 0.3 is 5.97 Å². The van der Waals surface area contributed by atoms with Crippen LogP contribution in [0.1, 0.15) is 13.3 Å². The van der Waals surface area contributed by atoms with Crippen molar-refractivity contribution in [3.8, 4) is 0 Å². The Morgan fingerprint density at radius 2 is 2.42 bits per heavy atom. The van der Waals surface area contributed by atoms with Crippen LogP contribution < -0.4 is 5.73 Å². The van der Waals surface area contributed by atoms with E-state index in [4.69, 9.17) is 10.8 Å². The number of nitrogens with two attached hydrogens (primary N) is 1. The van der Waals surface area contributed by atoms with Gasteiger partial charge in [0.05, 0.1) is 6.04 Å². The molecule has 2 atom stereocenters. The van der Waals surface area contributed by atoms with Gasteiger partial charge in [-0.25, -0.2) is 4.79 Å². The molecule has 0 aliphatic carbocycles. The number of hydrogen-bond acceptors (Lipinski definition) is 3. The zero-order chi connectivity index (χ0) is 9.30. The summed E-state index contributed by atoms with van der Waals surface area (Å²) in [6, 6.07) is -1.27. The van der Waals surface area contributed by atoms with Crippen LogP contribution >= 0.6 is 0 Å². The lowest BCUT2D eigenvalue weighted by molar-refractivity contribution is -0.147. The molecule has 1 amide bonds. The zero-order valence-corrected chi connectivity index (χ0v) is 6.86. The molecule has 0 aromatic rings. The van der Waals surface area contributed by atoms with Gasteiger partial charge in [-0.05, 0) is 13.3 Å². The van der Waals surface area contributed by atoms with E-state index in [-0.39, 0.29) is 5.91 Å². The van der Waals surface area contributed by atoms with Crippen LogP contribution in [0.4, 0.5) is 0 Å². The predicted molar refractivity (Wildman–Crippen MR) is 41.4 cm³/mol. The van der Waals surface area contributed by atoms with E-state index in [1.807, 2.05) is 0 Å². The lowest BCUT2D eigenvalue weighted by Crippen LogP contribution is -2.43. The van der Waals surface area contributed by atoms with Crippen LogP contribution in [-0.2, 0) is 9.59 Å². The van der Waals surface area contributed by atoms with Crippen molar-refractivity contribution in [2.75, 3.05) is 6.54 Å². The fraction of sp³-hybridized carbons (Fsp3) is 0.714. The van der Waals surface area contributed by atoms with Crippen LogP contribution in [0.2, 0.25) is 0 Å². The highest BCUT2D eigenvalue weighted by molar-refractivity contribution is 5.88. The molecule has 0 aromatic heterocycles. The molecule has 68 valence electrons.